The van der Waals surface area contributed by atoms with Crippen LogP contribution in [0.3, 0.4) is 0 Å². The Kier molecular flexibility index (Phi) is 5.16. The van der Waals surface area contributed by atoms with E-state index < -0.39 is 4.92 Å². The van der Waals surface area contributed by atoms with Gasteiger partial charge in [0.1, 0.15) is 0 Å². The Labute approximate surface area is 115 Å². The van der Waals surface area contributed by atoms with Gasteiger partial charge in [0.05, 0.1) is 9.95 Å². The van der Waals surface area contributed by atoms with Crippen LogP contribution in [0.5, 0.6) is 0 Å². The number of carbonyl (C=O) groups excluding carboxylic acids is 1. The maximum atomic E-state index is 12.0. The van der Waals surface area contributed by atoms with Crippen LogP contribution >= 0.6 is 23.4 Å². The monoisotopic (exact) mass is 287 g/mol. The van der Waals surface area contributed by atoms with Gasteiger partial charge in [0.2, 0.25) is 5.12 Å². The molecule has 1 atom stereocenters. The molecule has 0 amide bonds. The van der Waals surface area contributed by atoms with Gasteiger partial charge < -0.3 is 0 Å². The topological polar surface area (TPSA) is 60.2 Å². The molecule has 0 bridgehead atoms. The van der Waals surface area contributed by atoms with Crippen LogP contribution < -0.4 is 0 Å². The third-order valence-corrected chi connectivity index (χ3v) is 4.28. The molecule has 4 nitrogen and oxygen atoms in total. The molecule has 0 saturated heterocycles. The molecule has 1 aromatic carbocycles. The van der Waals surface area contributed by atoms with Gasteiger partial charge in [-0.15, -0.1) is 0 Å². The summed E-state index contributed by atoms with van der Waals surface area (Å²) in [5, 5.41) is 10.7. The predicted molar refractivity (Wildman–Crippen MR) is 74.3 cm³/mol. The number of hydrogen-bond acceptors (Lipinski definition) is 4. The minimum Gasteiger partial charge on any atom is -0.282 e. The summed E-state index contributed by atoms with van der Waals surface area (Å²) in [5.41, 5.74) is 0.207. The van der Waals surface area contributed by atoms with Crippen LogP contribution in [0, 0.1) is 16.0 Å². The van der Waals surface area contributed by atoms with Gasteiger partial charge in [0, 0.05) is 22.9 Å². The van der Waals surface area contributed by atoms with Gasteiger partial charge in [0.25, 0.3) is 5.69 Å². The summed E-state index contributed by atoms with van der Waals surface area (Å²) in [6, 6.07) is 3.90. The Bertz CT molecular complexity index is 476. The number of nitro benzene ring substituents is 1. The van der Waals surface area contributed by atoms with Gasteiger partial charge >= 0.3 is 0 Å². The third kappa shape index (κ3) is 3.71. The smallest absolute Gasteiger partial charge is 0.270 e. The summed E-state index contributed by atoms with van der Waals surface area (Å²) in [6.45, 7) is 6.03. The summed E-state index contributed by atoms with van der Waals surface area (Å²) in [4.78, 5) is 22.0. The van der Waals surface area contributed by atoms with Crippen LogP contribution in [-0.2, 0) is 0 Å². The fourth-order valence-corrected chi connectivity index (χ4v) is 2.38. The average molecular weight is 288 g/mol. The number of non-ortho nitro benzene ring substituents is 1. The maximum absolute atomic E-state index is 12.0. The van der Waals surface area contributed by atoms with E-state index in [1.807, 2.05) is 20.8 Å². The highest BCUT2D eigenvalue weighted by atomic mass is 35.5. The highest BCUT2D eigenvalue weighted by molar-refractivity contribution is 8.14. The maximum Gasteiger partial charge on any atom is 0.270 e. The van der Waals surface area contributed by atoms with Crippen LogP contribution in [0.25, 0.3) is 0 Å². The van der Waals surface area contributed by atoms with Crippen molar-refractivity contribution in [3.63, 3.8) is 0 Å². The highest BCUT2D eigenvalue weighted by Gasteiger charge is 2.19. The first-order valence-electron chi connectivity index (χ1n) is 5.48. The summed E-state index contributed by atoms with van der Waals surface area (Å²) in [5.74, 6) is 0.371. The molecule has 0 saturated carbocycles. The van der Waals surface area contributed by atoms with Crippen LogP contribution in [0.2, 0.25) is 5.02 Å². The van der Waals surface area contributed by atoms with Crippen molar-refractivity contribution >= 4 is 34.2 Å². The summed E-state index contributed by atoms with van der Waals surface area (Å²) < 4.78 is 0. The van der Waals surface area contributed by atoms with Gasteiger partial charge in [0.15, 0.2) is 0 Å². The molecular formula is C12H14ClNO3S. The minimum atomic E-state index is -0.538. The normalized spacial score (nSPS) is 12.5. The quantitative estimate of drug-likeness (QED) is 0.616. The molecule has 0 fully saturated rings. The molecule has 0 aliphatic rings. The fourth-order valence-electron chi connectivity index (χ4n) is 1.15. The zero-order valence-corrected chi connectivity index (χ0v) is 11.9. The lowest BCUT2D eigenvalue weighted by molar-refractivity contribution is -0.384. The second kappa shape index (κ2) is 6.20. The predicted octanol–water partition coefficient (Wildman–Crippen LogP) is 4.17. The number of thioether (sulfide) groups is 1. The van der Waals surface area contributed by atoms with E-state index in [2.05, 4.69) is 0 Å². The lowest BCUT2D eigenvalue weighted by atomic mass is 10.2. The molecule has 1 rings (SSSR count). The first-order valence-corrected chi connectivity index (χ1v) is 6.73. The molecule has 0 aliphatic heterocycles. The van der Waals surface area contributed by atoms with Crippen molar-refractivity contribution in [1.82, 2.24) is 0 Å². The number of hydrogen-bond donors (Lipinski definition) is 0. The summed E-state index contributed by atoms with van der Waals surface area (Å²) in [7, 11) is 0. The second-order valence-electron chi connectivity index (χ2n) is 4.28. The van der Waals surface area contributed by atoms with Crippen LogP contribution in [-0.4, -0.2) is 15.3 Å². The van der Waals surface area contributed by atoms with Crippen LogP contribution in [0.15, 0.2) is 18.2 Å². The van der Waals surface area contributed by atoms with E-state index >= 15 is 0 Å². The van der Waals surface area contributed by atoms with Crippen molar-refractivity contribution in [3.8, 4) is 0 Å². The molecular weight excluding hydrogens is 274 g/mol. The molecule has 18 heavy (non-hydrogen) atoms. The molecule has 0 spiro atoms. The molecule has 1 unspecified atom stereocenters. The number of nitro groups is 1. The van der Waals surface area contributed by atoms with Crippen LogP contribution in [0.1, 0.15) is 31.1 Å². The lowest BCUT2D eigenvalue weighted by Crippen LogP contribution is -2.10. The zero-order chi connectivity index (χ0) is 13.9. The van der Waals surface area contributed by atoms with E-state index in [1.54, 1.807) is 0 Å². The Morgan fingerprint density at radius 2 is 2.00 bits per heavy atom. The Morgan fingerprint density at radius 1 is 1.39 bits per heavy atom. The average Bonchev–Trinajstić information content (AvgIpc) is 2.28. The van der Waals surface area contributed by atoms with Crippen molar-refractivity contribution < 1.29 is 9.72 Å². The minimum absolute atomic E-state index is 0.113. The first-order chi connectivity index (χ1) is 8.32. The molecule has 0 heterocycles. The molecule has 0 radical (unpaired) electrons. The molecule has 1 aromatic rings. The highest BCUT2D eigenvalue weighted by Crippen LogP contribution is 2.29. The summed E-state index contributed by atoms with van der Waals surface area (Å²) in [6.07, 6.45) is 0. The van der Waals surface area contributed by atoms with Crippen LogP contribution in [0.4, 0.5) is 5.69 Å². The Morgan fingerprint density at radius 3 is 2.44 bits per heavy atom. The Hall–Kier alpha value is -1.07. The summed E-state index contributed by atoms with van der Waals surface area (Å²) >= 11 is 7.09. The zero-order valence-electron chi connectivity index (χ0n) is 10.3. The van der Waals surface area contributed by atoms with E-state index in [0.717, 1.165) is 0 Å². The van der Waals surface area contributed by atoms with Crippen molar-refractivity contribution in [3.05, 3.63) is 38.9 Å². The van der Waals surface area contributed by atoms with E-state index in [9.17, 15) is 14.9 Å². The molecule has 0 aromatic heterocycles. The molecule has 0 N–H and O–H groups in total. The largest absolute Gasteiger partial charge is 0.282 e. The van der Waals surface area contributed by atoms with Crippen molar-refractivity contribution in [1.29, 1.82) is 0 Å². The van der Waals surface area contributed by atoms with Gasteiger partial charge in [-0.1, -0.05) is 44.1 Å². The Balaban J connectivity index is 2.90. The number of benzene rings is 1. The number of rotatable bonds is 4. The van der Waals surface area contributed by atoms with E-state index in [0.29, 0.717) is 11.5 Å². The standard InChI is InChI=1S/C12H14ClNO3S/c1-7(2)8(3)18-12(15)10-5-4-9(14(16)17)6-11(10)13/h4-8H,1-3H3. The third-order valence-electron chi connectivity index (χ3n) is 2.62. The van der Waals surface area contributed by atoms with Crippen molar-refractivity contribution in [2.24, 2.45) is 5.92 Å². The van der Waals surface area contributed by atoms with E-state index in [4.69, 9.17) is 11.6 Å². The van der Waals surface area contributed by atoms with E-state index in [1.165, 1.54) is 30.0 Å². The van der Waals surface area contributed by atoms with Gasteiger partial charge in [-0.25, -0.2) is 0 Å². The first kappa shape index (κ1) is 15.0. The van der Waals surface area contributed by atoms with Crippen molar-refractivity contribution in [2.75, 3.05) is 0 Å². The molecule has 6 heteroatoms. The van der Waals surface area contributed by atoms with Crippen molar-refractivity contribution in [2.45, 2.75) is 26.0 Å². The van der Waals surface area contributed by atoms with E-state index in [-0.39, 0.29) is 21.1 Å². The number of carbonyl (C=O) groups is 1. The van der Waals surface area contributed by atoms with Gasteiger partial charge in [-0.3, -0.25) is 14.9 Å². The fraction of sp³-hybridized carbons (Fsp3) is 0.417. The second-order valence-corrected chi connectivity index (χ2v) is 6.03. The lowest BCUT2D eigenvalue weighted by Gasteiger charge is -2.13. The SMILES string of the molecule is CC(C)C(C)SC(=O)c1ccc([N+](=O)[O-])cc1Cl. The number of halogens is 1. The number of nitrogens with zero attached hydrogens (tertiary/aromatic N) is 1. The van der Waals surface area contributed by atoms with Gasteiger partial charge in [-0.05, 0) is 12.0 Å². The van der Waals surface area contributed by atoms with Gasteiger partial charge in [-0.2, -0.15) is 0 Å². The molecule has 0 aliphatic carbocycles. The molecule has 98 valence electrons.